The minimum atomic E-state index is -0.568. The minimum Gasteiger partial charge on any atom is -0.493 e. The zero-order valence-corrected chi connectivity index (χ0v) is 16.5. The monoisotopic (exact) mass is 408 g/mol. The summed E-state index contributed by atoms with van der Waals surface area (Å²) in [6.45, 7) is 2.24. The number of benzene rings is 2. The van der Waals surface area contributed by atoms with Crippen LogP contribution in [0, 0.1) is 0 Å². The Morgan fingerprint density at radius 2 is 1.87 bits per heavy atom. The van der Waals surface area contributed by atoms with Crippen molar-refractivity contribution in [3.05, 3.63) is 71.6 Å². The predicted molar refractivity (Wildman–Crippen MR) is 108 cm³/mol. The molecule has 0 unspecified atom stereocenters. The molecule has 8 heteroatoms. The van der Waals surface area contributed by atoms with E-state index >= 15 is 0 Å². The van der Waals surface area contributed by atoms with E-state index in [1.54, 1.807) is 30.3 Å². The molecule has 1 aromatic heterocycles. The first-order chi connectivity index (χ1) is 14.6. The van der Waals surface area contributed by atoms with E-state index in [0.29, 0.717) is 29.3 Å². The molecule has 0 saturated carbocycles. The number of aromatic nitrogens is 2. The van der Waals surface area contributed by atoms with E-state index in [1.165, 1.54) is 13.2 Å². The van der Waals surface area contributed by atoms with Crippen molar-refractivity contribution in [3.8, 4) is 17.1 Å². The molecule has 0 bridgehead atoms. The highest BCUT2D eigenvalue weighted by molar-refractivity contribution is 5.90. The van der Waals surface area contributed by atoms with Crippen molar-refractivity contribution in [1.82, 2.24) is 10.1 Å². The van der Waals surface area contributed by atoms with E-state index in [9.17, 15) is 9.59 Å². The van der Waals surface area contributed by atoms with Crippen molar-refractivity contribution in [1.29, 1.82) is 0 Å². The first-order valence-electron chi connectivity index (χ1n) is 9.18. The van der Waals surface area contributed by atoms with Crippen LogP contribution in [0.4, 0.5) is 0 Å². The maximum absolute atomic E-state index is 11.9. The second kappa shape index (κ2) is 10.0. The average molecular weight is 408 g/mol. The van der Waals surface area contributed by atoms with Crippen molar-refractivity contribution >= 4 is 18.0 Å². The largest absolute Gasteiger partial charge is 0.493 e. The third-order valence-electron chi connectivity index (χ3n) is 3.98. The van der Waals surface area contributed by atoms with Gasteiger partial charge in [-0.25, -0.2) is 9.59 Å². The molecule has 3 aromatic rings. The Kier molecular flexibility index (Phi) is 6.94. The zero-order chi connectivity index (χ0) is 21.3. The number of hydrogen-bond donors (Lipinski definition) is 0. The van der Waals surface area contributed by atoms with Crippen molar-refractivity contribution in [3.63, 3.8) is 0 Å². The van der Waals surface area contributed by atoms with Crippen LogP contribution in [0.1, 0.15) is 28.7 Å². The Hall–Kier alpha value is -3.94. The summed E-state index contributed by atoms with van der Waals surface area (Å²) in [5, 5.41) is 3.92. The summed E-state index contributed by atoms with van der Waals surface area (Å²) >= 11 is 0. The SMILES string of the molecule is CCOc1ccccc1-c1noc(COC(=O)/C=C/c2ccc(C(=O)OC)cc2)n1. The number of rotatable bonds is 8. The van der Waals surface area contributed by atoms with E-state index in [0.717, 1.165) is 5.56 Å². The van der Waals surface area contributed by atoms with Gasteiger partial charge < -0.3 is 18.7 Å². The lowest BCUT2D eigenvalue weighted by atomic mass is 10.1. The number of esters is 2. The maximum Gasteiger partial charge on any atom is 0.337 e. The third kappa shape index (κ3) is 5.32. The molecule has 3 rings (SSSR count). The Bertz CT molecular complexity index is 1040. The maximum atomic E-state index is 11.9. The highest BCUT2D eigenvalue weighted by atomic mass is 16.6. The molecule has 0 aliphatic heterocycles. The number of para-hydroxylation sites is 1. The van der Waals surface area contributed by atoms with Gasteiger partial charge in [0.1, 0.15) is 5.75 Å². The van der Waals surface area contributed by atoms with Crippen LogP contribution in [-0.4, -0.2) is 35.8 Å². The lowest BCUT2D eigenvalue weighted by Crippen LogP contribution is -2.01. The summed E-state index contributed by atoms with van der Waals surface area (Å²) in [7, 11) is 1.32. The summed E-state index contributed by atoms with van der Waals surface area (Å²) in [4.78, 5) is 27.6. The molecule has 8 nitrogen and oxygen atoms in total. The molecule has 154 valence electrons. The molecular weight excluding hydrogens is 388 g/mol. The number of nitrogens with zero attached hydrogens (tertiary/aromatic N) is 2. The van der Waals surface area contributed by atoms with Gasteiger partial charge in [0.15, 0.2) is 6.61 Å². The van der Waals surface area contributed by atoms with Crippen molar-refractivity contribution in [2.45, 2.75) is 13.5 Å². The van der Waals surface area contributed by atoms with Gasteiger partial charge in [0.25, 0.3) is 5.89 Å². The average Bonchev–Trinajstić information content (AvgIpc) is 3.25. The van der Waals surface area contributed by atoms with Crippen LogP contribution < -0.4 is 4.74 Å². The lowest BCUT2D eigenvalue weighted by molar-refractivity contribution is -0.139. The lowest BCUT2D eigenvalue weighted by Gasteiger charge is -2.05. The van der Waals surface area contributed by atoms with Crippen molar-refractivity contribution < 1.29 is 28.3 Å². The topological polar surface area (TPSA) is 101 Å². The Morgan fingerprint density at radius 1 is 1.10 bits per heavy atom. The number of carbonyl (C=O) groups is 2. The second-order valence-electron chi connectivity index (χ2n) is 6.00. The minimum absolute atomic E-state index is 0.158. The Morgan fingerprint density at radius 3 is 2.60 bits per heavy atom. The summed E-state index contributed by atoms with van der Waals surface area (Å²) in [5.41, 5.74) is 1.85. The Balaban J connectivity index is 1.57. The van der Waals surface area contributed by atoms with Crippen LogP contribution in [-0.2, 0) is 20.9 Å². The second-order valence-corrected chi connectivity index (χ2v) is 6.00. The van der Waals surface area contributed by atoms with Crippen LogP contribution in [0.2, 0.25) is 0 Å². The summed E-state index contributed by atoms with van der Waals surface area (Å²) < 4.78 is 20.5. The number of ether oxygens (including phenoxy) is 3. The molecule has 0 N–H and O–H groups in total. The Labute approximate surface area is 173 Å². The van der Waals surface area contributed by atoms with Gasteiger partial charge in [-0.3, -0.25) is 0 Å². The molecule has 0 atom stereocenters. The number of methoxy groups -OCH3 is 1. The van der Waals surface area contributed by atoms with Crippen molar-refractivity contribution in [2.24, 2.45) is 0 Å². The van der Waals surface area contributed by atoms with Gasteiger partial charge >= 0.3 is 11.9 Å². The third-order valence-corrected chi connectivity index (χ3v) is 3.98. The van der Waals surface area contributed by atoms with E-state index in [1.807, 2.05) is 31.2 Å². The standard InChI is InChI=1S/C22H20N2O6/c1-3-28-18-7-5-4-6-17(18)21-23-19(30-24-21)14-29-20(25)13-10-15-8-11-16(12-9-15)22(26)27-2/h4-13H,3,14H2,1-2H3/b13-10+. The molecule has 1 heterocycles. The van der Waals surface area contributed by atoms with E-state index in [-0.39, 0.29) is 12.5 Å². The smallest absolute Gasteiger partial charge is 0.337 e. The van der Waals surface area contributed by atoms with Crippen LogP contribution in [0.3, 0.4) is 0 Å². The fourth-order valence-corrected chi connectivity index (χ4v) is 2.55. The summed E-state index contributed by atoms with van der Waals surface area (Å²) in [5.74, 6) is 0.173. The fraction of sp³-hybridized carbons (Fsp3) is 0.182. The molecule has 0 aliphatic carbocycles. The predicted octanol–water partition coefficient (Wildman–Crippen LogP) is 3.68. The van der Waals surface area contributed by atoms with Crippen LogP contribution in [0.25, 0.3) is 17.5 Å². The highest BCUT2D eigenvalue weighted by Gasteiger charge is 2.14. The van der Waals surface area contributed by atoms with E-state index < -0.39 is 11.9 Å². The summed E-state index contributed by atoms with van der Waals surface area (Å²) in [6.07, 6.45) is 2.84. The molecule has 0 fully saturated rings. The highest BCUT2D eigenvalue weighted by Crippen LogP contribution is 2.27. The number of hydrogen-bond acceptors (Lipinski definition) is 8. The van der Waals surface area contributed by atoms with Crippen LogP contribution >= 0.6 is 0 Å². The molecule has 0 aliphatic rings. The normalized spacial score (nSPS) is 10.7. The first kappa shape index (κ1) is 20.8. The molecule has 2 aromatic carbocycles. The van der Waals surface area contributed by atoms with Gasteiger partial charge in [-0.15, -0.1) is 0 Å². The molecule has 0 saturated heterocycles. The first-order valence-corrected chi connectivity index (χ1v) is 9.18. The zero-order valence-electron chi connectivity index (χ0n) is 16.5. The van der Waals surface area contributed by atoms with Gasteiger partial charge in [-0.05, 0) is 42.8 Å². The number of carbonyl (C=O) groups excluding carboxylic acids is 2. The van der Waals surface area contributed by atoms with Gasteiger partial charge in [-0.1, -0.05) is 29.4 Å². The van der Waals surface area contributed by atoms with Gasteiger partial charge in [0, 0.05) is 6.08 Å². The molecule has 30 heavy (non-hydrogen) atoms. The van der Waals surface area contributed by atoms with E-state index in [4.69, 9.17) is 14.0 Å². The van der Waals surface area contributed by atoms with Gasteiger partial charge in [-0.2, -0.15) is 4.98 Å². The van der Waals surface area contributed by atoms with Crippen LogP contribution in [0.15, 0.2) is 59.1 Å². The molecule has 0 radical (unpaired) electrons. The molecule has 0 spiro atoms. The van der Waals surface area contributed by atoms with Gasteiger partial charge in [0.05, 0.1) is 24.8 Å². The summed E-state index contributed by atoms with van der Waals surface area (Å²) in [6, 6.07) is 13.9. The molecular formula is C22H20N2O6. The molecule has 0 amide bonds. The van der Waals surface area contributed by atoms with Crippen LogP contribution in [0.5, 0.6) is 5.75 Å². The quantitative estimate of drug-likeness (QED) is 0.411. The van der Waals surface area contributed by atoms with E-state index in [2.05, 4.69) is 14.9 Å². The van der Waals surface area contributed by atoms with Gasteiger partial charge in [0.2, 0.25) is 5.82 Å². The fourth-order valence-electron chi connectivity index (χ4n) is 2.55. The van der Waals surface area contributed by atoms with Crippen molar-refractivity contribution in [2.75, 3.05) is 13.7 Å².